The van der Waals surface area contributed by atoms with Gasteiger partial charge < -0.3 is 9.05 Å². The van der Waals surface area contributed by atoms with Gasteiger partial charge in [0.1, 0.15) is 5.12 Å². The molecule has 0 heterocycles. The van der Waals surface area contributed by atoms with Crippen molar-refractivity contribution in [1.29, 1.82) is 0 Å². The van der Waals surface area contributed by atoms with Crippen molar-refractivity contribution < 1.29 is 13.6 Å². The van der Waals surface area contributed by atoms with Crippen molar-refractivity contribution >= 4 is 19.2 Å². The first-order valence-corrected chi connectivity index (χ1v) is 7.18. The first-order chi connectivity index (χ1) is 6.60. The average molecular weight is 243 g/mol. The Labute approximate surface area is 91.7 Å². The van der Waals surface area contributed by atoms with E-state index >= 15 is 0 Å². The second-order valence-electron chi connectivity index (χ2n) is 2.95. The summed E-state index contributed by atoms with van der Waals surface area (Å²) < 4.78 is 22.3. The third kappa shape index (κ3) is 4.79. The topological polar surface area (TPSA) is 35.5 Å². The number of alkyl halides is 1. The Kier molecular flexibility index (Phi) is 7.94. The lowest BCUT2D eigenvalue weighted by Gasteiger charge is -2.21. The molecule has 0 saturated carbocycles. The van der Waals surface area contributed by atoms with Crippen LogP contribution < -0.4 is 0 Å². The predicted molar refractivity (Wildman–Crippen MR) is 60.0 cm³/mol. The lowest BCUT2D eigenvalue weighted by atomic mass is 10.3. The van der Waals surface area contributed by atoms with Gasteiger partial charge in [-0.05, 0) is 20.3 Å². The van der Waals surface area contributed by atoms with E-state index in [-0.39, 0.29) is 0 Å². The zero-order valence-corrected chi connectivity index (χ0v) is 10.8. The van der Waals surface area contributed by atoms with Gasteiger partial charge in [0, 0.05) is 0 Å². The molecule has 0 aromatic rings. The molecule has 0 spiro atoms. The van der Waals surface area contributed by atoms with Gasteiger partial charge in [-0.2, -0.15) is 0 Å². The quantitative estimate of drug-likeness (QED) is 0.477. The molecule has 1 atom stereocenters. The van der Waals surface area contributed by atoms with Gasteiger partial charge in [0.15, 0.2) is 0 Å². The van der Waals surface area contributed by atoms with Crippen LogP contribution in [0.3, 0.4) is 0 Å². The van der Waals surface area contributed by atoms with Gasteiger partial charge in [-0.25, -0.2) is 0 Å². The summed E-state index contributed by atoms with van der Waals surface area (Å²) in [4.78, 5) is 0. The summed E-state index contributed by atoms with van der Waals surface area (Å²) in [5.74, 6) is 0. The van der Waals surface area contributed by atoms with Crippen LogP contribution >= 0.6 is 19.2 Å². The molecule has 0 aliphatic carbocycles. The predicted octanol–water partition coefficient (Wildman–Crippen LogP) is 4.01. The van der Waals surface area contributed by atoms with Crippen LogP contribution in [-0.2, 0) is 13.6 Å². The van der Waals surface area contributed by atoms with E-state index in [1.807, 2.05) is 0 Å². The molecule has 0 aromatic heterocycles. The third-order valence-electron chi connectivity index (χ3n) is 1.76. The van der Waals surface area contributed by atoms with Crippen LogP contribution in [0.1, 0.15) is 40.0 Å². The Hall–Kier alpha value is 0.440. The second kappa shape index (κ2) is 7.70. The summed E-state index contributed by atoms with van der Waals surface area (Å²) in [5, 5.41) is -0.512. The smallest absolute Gasteiger partial charge is 0.308 e. The standard InChI is InChI=1S/C9H20ClO3P/c1-4-7-8-9(10)14(11,12-5-2)13-6-3/h9H,4-8H2,1-3H3. The molecule has 86 valence electrons. The highest BCUT2D eigenvalue weighted by molar-refractivity contribution is 7.56. The lowest BCUT2D eigenvalue weighted by Crippen LogP contribution is -2.07. The minimum absolute atomic E-state index is 0.368. The zero-order chi connectivity index (χ0) is 11.0. The third-order valence-corrected chi connectivity index (χ3v) is 4.87. The molecule has 0 saturated heterocycles. The van der Waals surface area contributed by atoms with Crippen LogP contribution in [-0.4, -0.2) is 18.3 Å². The van der Waals surface area contributed by atoms with Crippen molar-refractivity contribution in [3.05, 3.63) is 0 Å². The van der Waals surface area contributed by atoms with E-state index in [0.29, 0.717) is 19.6 Å². The largest absolute Gasteiger partial charge is 0.348 e. The minimum Gasteiger partial charge on any atom is -0.308 e. The van der Waals surface area contributed by atoms with Gasteiger partial charge in [0.25, 0.3) is 0 Å². The molecule has 0 aliphatic rings. The molecule has 0 N–H and O–H groups in total. The van der Waals surface area contributed by atoms with Crippen LogP contribution in [0.2, 0.25) is 0 Å². The van der Waals surface area contributed by atoms with Crippen molar-refractivity contribution in [3.8, 4) is 0 Å². The van der Waals surface area contributed by atoms with Gasteiger partial charge in [-0.15, -0.1) is 11.6 Å². The van der Waals surface area contributed by atoms with Crippen LogP contribution in [0.5, 0.6) is 0 Å². The van der Waals surface area contributed by atoms with Crippen molar-refractivity contribution in [2.24, 2.45) is 0 Å². The maximum absolute atomic E-state index is 12.0. The Balaban J connectivity index is 4.23. The summed E-state index contributed by atoms with van der Waals surface area (Å²) in [7, 11) is -3.07. The van der Waals surface area contributed by atoms with E-state index in [2.05, 4.69) is 6.92 Å². The van der Waals surface area contributed by atoms with E-state index in [0.717, 1.165) is 12.8 Å². The molecule has 0 amide bonds. The first-order valence-electron chi connectivity index (χ1n) is 5.13. The SMILES string of the molecule is CCCCC(Cl)P(=O)(OCC)OCC. The molecule has 0 aromatic carbocycles. The summed E-state index contributed by atoms with van der Waals surface area (Å²) in [6.45, 7) is 6.37. The number of rotatable bonds is 8. The molecule has 5 heteroatoms. The normalized spacial score (nSPS) is 14.3. The molecule has 14 heavy (non-hydrogen) atoms. The molecule has 0 rings (SSSR count). The summed E-state index contributed by atoms with van der Waals surface area (Å²) in [6.07, 6.45) is 2.65. The van der Waals surface area contributed by atoms with Gasteiger partial charge in [0.2, 0.25) is 0 Å². The van der Waals surface area contributed by atoms with Crippen molar-refractivity contribution in [2.75, 3.05) is 13.2 Å². The molecular weight excluding hydrogens is 223 g/mol. The minimum atomic E-state index is -3.07. The average Bonchev–Trinajstić information content (AvgIpc) is 2.15. The van der Waals surface area contributed by atoms with E-state index in [1.165, 1.54) is 0 Å². The maximum Gasteiger partial charge on any atom is 0.348 e. The Morgan fingerprint density at radius 1 is 1.21 bits per heavy atom. The van der Waals surface area contributed by atoms with Gasteiger partial charge in [-0.1, -0.05) is 19.8 Å². The Morgan fingerprint density at radius 3 is 2.07 bits per heavy atom. The molecule has 0 aliphatic heterocycles. The Bertz CT molecular complexity index is 177. The van der Waals surface area contributed by atoms with Crippen molar-refractivity contribution in [1.82, 2.24) is 0 Å². The highest BCUT2D eigenvalue weighted by Gasteiger charge is 2.33. The molecule has 0 bridgehead atoms. The number of hydrogen-bond donors (Lipinski definition) is 0. The second-order valence-corrected chi connectivity index (χ2v) is 6.00. The highest BCUT2D eigenvalue weighted by Crippen LogP contribution is 2.56. The molecule has 0 radical (unpaired) electrons. The highest BCUT2D eigenvalue weighted by atomic mass is 35.5. The number of halogens is 1. The van der Waals surface area contributed by atoms with E-state index in [1.54, 1.807) is 13.8 Å². The van der Waals surface area contributed by atoms with Crippen LogP contribution in [0.15, 0.2) is 0 Å². The molecule has 1 unspecified atom stereocenters. The first kappa shape index (κ1) is 14.4. The zero-order valence-electron chi connectivity index (χ0n) is 9.16. The van der Waals surface area contributed by atoms with Gasteiger partial charge >= 0.3 is 7.60 Å². The number of hydrogen-bond acceptors (Lipinski definition) is 3. The fraction of sp³-hybridized carbons (Fsp3) is 1.00. The van der Waals surface area contributed by atoms with Crippen LogP contribution in [0.25, 0.3) is 0 Å². The van der Waals surface area contributed by atoms with Crippen LogP contribution in [0, 0.1) is 0 Å². The maximum atomic E-state index is 12.0. The van der Waals surface area contributed by atoms with E-state index in [4.69, 9.17) is 20.6 Å². The fourth-order valence-electron chi connectivity index (χ4n) is 1.09. The monoisotopic (exact) mass is 242 g/mol. The Morgan fingerprint density at radius 2 is 1.71 bits per heavy atom. The van der Waals surface area contributed by atoms with E-state index in [9.17, 15) is 4.57 Å². The van der Waals surface area contributed by atoms with Crippen molar-refractivity contribution in [2.45, 2.75) is 45.2 Å². The molecular formula is C9H20ClO3P. The van der Waals surface area contributed by atoms with Crippen molar-refractivity contribution in [3.63, 3.8) is 0 Å². The lowest BCUT2D eigenvalue weighted by molar-refractivity contribution is 0.216. The summed E-state index contributed by atoms with van der Waals surface area (Å²) >= 11 is 6.01. The number of unbranched alkanes of at least 4 members (excludes halogenated alkanes) is 1. The molecule has 3 nitrogen and oxygen atoms in total. The summed E-state index contributed by atoms with van der Waals surface area (Å²) in [5.41, 5.74) is 0. The van der Waals surface area contributed by atoms with Crippen LogP contribution in [0.4, 0.5) is 0 Å². The van der Waals surface area contributed by atoms with Gasteiger partial charge in [-0.3, -0.25) is 4.57 Å². The molecule has 0 fully saturated rings. The van der Waals surface area contributed by atoms with Gasteiger partial charge in [0.05, 0.1) is 13.2 Å². The van der Waals surface area contributed by atoms with E-state index < -0.39 is 12.7 Å². The fourth-order valence-corrected chi connectivity index (χ4v) is 3.20. The summed E-state index contributed by atoms with van der Waals surface area (Å²) in [6, 6.07) is 0.